The van der Waals surface area contributed by atoms with Gasteiger partial charge in [-0.2, -0.15) is 0 Å². The van der Waals surface area contributed by atoms with E-state index >= 15 is 0 Å². The van der Waals surface area contributed by atoms with Gasteiger partial charge < -0.3 is 14.2 Å². The van der Waals surface area contributed by atoms with Crippen molar-refractivity contribution in [3.63, 3.8) is 0 Å². The molecule has 0 radical (unpaired) electrons. The molecule has 1 fully saturated rings. The van der Waals surface area contributed by atoms with Crippen LogP contribution in [0.5, 0.6) is 11.5 Å². The molecule has 2 aliphatic rings. The fourth-order valence-corrected chi connectivity index (χ4v) is 3.81. The molecule has 0 amide bonds. The second-order valence-electron chi connectivity index (χ2n) is 5.22. The number of benzene rings is 1. The van der Waals surface area contributed by atoms with Gasteiger partial charge in [-0.15, -0.1) is 11.6 Å². The minimum absolute atomic E-state index is 0.0228. The molecule has 1 aromatic carbocycles. The lowest BCUT2D eigenvalue weighted by Crippen LogP contribution is -2.19. The Morgan fingerprint density at radius 1 is 1.05 bits per heavy atom. The molecule has 0 N–H and O–H groups in total. The van der Waals surface area contributed by atoms with Crippen molar-refractivity contribution in [3.05, 3.63) is 22.2 Å². The molecule has 1 unspecified atom stereocenters. The van der Waals surface area contributed by atoms with Gasteiger partial charge in [0.05, 0.1) is 18.6 Å². The standard InChI is InChI=1S/C15H18BrClO3/c16-12-9-14-13(19-4-1-5-20-14)8-11(12)15(17)10-2-6-18-7-3-10/h8-10,15H,1-7H2. The third-order valence-electron chi connectivity index (χ3n) is 3.84. The van der Waals surface area contributed by atoms with Gasteiger partial charge in [-0.3, -0.25) is 0 Å². The maximum absolute atomic E-state index is 6.69. The number of ether oxygens (including phenoxy) is 3. The molecule has 5 heteroatoms. The van der Waals surface area contributed by atoms with Crippen LogP contribution >= 0.6 is 27.5 Å². The van der Waals surface area contributed by atoms with Crippen LogP contribution in [-0.4, -0.2) is 26.4 Å². The summed E-state index contributed by atoms with van der Waals surface area (Å²) in [6.45, 7) is 2.99. The molecule has 3 nitrogen and oxygen atoms in total. The average molecular weight is 362 g/mol. The summed E-state index contributed by atoms with van der Waals surface area (Å²) < 4.78 is 17.8. The van der Waals surface area contributed by atoms with Crippen molar-refractivity contribution in [2.75, 3.05) is 26.4 Å². The number of halogens is 2. The van der Waals surface area contributed by atoms with Gasteiger partial charge in [-0.1, -0.05) is 15.9 Å². The van der Waals surface area contributed by atoms with Crippen molar-refractivity contribution in [2.24, 2.45) is 5.92 Å². The summed E-state index contributed by atoms with van der Waals surface area (Å²) in [7, 11) is 0. The highest BCUT2D eigenvalue weighted by Gasteiger charge is 2.27. The third-order valence-corrected chi connectivity index (χ3v) is 5.12. The van der Waals surface area contributed by atoms with Gasteiger partial charge >= 0.3 is 0 Å². The first-order chi connectivity index (χ1) is 9.75. The van der Waals surface area contributed by atoms with Gasteiger partial charge in [0.15, 0.2) is 11.5 Å². The second-order valence-corrected chi connectivity index (χ2v) is 6.55. The predicted octanol–water partition coefficient (Wildman–Crippen LogP) is 4.32. The molecule has 110 valence electrons. The summed E-state index contributed by atoms with van der Waals surface area (Å²) in [5, 5.41) is -0.0228. The molecule has 1 saturated heterocycles. The Morgan fingerprint density at radius 3 is 2.40 bits per heavy atom. The van der Waals surface area contributed by atoms with Crippen molar-refractivity contribution in [3.8, 4) is 11.5 Å². The summed E-state index contributed by atoms with van der Waals surface area (Å²) in [6.07, 6.45) is 2.93. The number of hydrogen-bond acceptors (Lipinski definition) is 3. The van der Waals surface area contributed by atoms with Crippen LogP contribution in [0.4, 0.5) is 0 Å². The van der Waals surface area contributed by atoms with Gasteiger partial charge in [0.2, 0.25) is 0 Å². The van der Waals surface area contributed by atoms with Crippen LogP contribution in [0.2, 0.25) is 0 Å². The van der Waals surface area contributed by atoms with E-state index in [4.69, 9.17) is 25.8 Å². The molecule has 1 aromatic rings. The lowest BCUT2D eigenvalue weighted by Gasteiger charge is -2.27. The molecule has 3 rings (SSSR count). The molecule has 1 atom stereocenters. The van der Waals surface area contributed by atoms with Crippen molar-refractivity contribution < 1.29 is 14.2 Å². The minimum Gasteiger partial charge on any atom is -0.490 e. The van der Waals surface area contributed by atoms with Crippen LogP contribution in [0.25, 0.3) is 0 Å². The molecule has 20 heavy (non-hydrogen) atoms. The van der Waals surface area contributed by atoms with E-state index in [0.29, 0.717) is 19.1 Å². The third kappa shape index (κ3) is 3.07. The van der Waals surface area contributed by atoms with Crippen LogP contribution in [0.1, 0.15) is 30.2 Å². The Hall–Kier alpha value is -0.450. The van der Waals surface area contributed by atoms with Crippen molar-refractivity contribution in [1.29, 1.82) is 0 Å². The highest BCUT2D eigenvalue weighted by atomic mass is 79.9. The molecule has 0 bridgehead atoms. The summed E-state index contributed by atoms with van der Waals surface area (Å²) in [5.74, 6) is 2.05. The van der Waals surface area contributed by atoms with Crippen LogP contribution in [0.15, 0.2) is 16.6 Å². The van der Waals surface area contributed by atoms with Gasteiger partial charge in [0, 0.05) is 24.1 Å². The smallest absolute Gasteiger partial charge is 0.162 e. The molecule has 0 aliphatic carbocycles. The highest BCUT2D eigenvalue weighted by Crippen LogP contribution is 2.43. The fraction of sp³-hybridized carbons (Fsp3) is 0.600. The van der Waals surface area contributed by atoms with E-state index in [9.17, 15) is 0 Å². The Bertz CT molecular complexity index is 474. The fourth-order valence-electron chi connectivity index (χ4n) is 2.67. The van der Waals surface area contributed by atoms with E-state index in [1.54, 1.807) is 0 Å². The summed E-state index contributed by atoms with van der Waals surface area (Å²) in [6, 6.07) is 4.00. The Balaban J connectivity index is 1.86. The van der Waals surface area contributed by atoms with Crippen molar-refractivity contribution >= 4 is 27.5 Å². The monoisotopic (exact) mass is 360 g/mol. The Kier molecular flexibility index (Phi) is 4.74. The Morgan fingerprint density at radius 2 is 1.70 bits per heavy atom. The predicted molar refractivity (Wildman–Crippen MR) is 81.9 cm³/mol. The summed E-state index contributed by atoms with van der Waals surface area (Å²) in [5.41, 5.74) is 1.09. The Labute approximate surface area is 132 Å². The number of rotatable bonds is 2. The van der Waals surface area contributed by atoms with Crippen LogP contribution in [0, 0.1) is 5.92 Å². The van der Waals surface area contributed by atoms with Crippen molar-refractivity contribution in [2.45, 2.75) is 24.6 Å². The zero-order valence-corrected chi connectivity index (χ0v) is 13.6. The average Bonchev–Trinajstić information content (AvgIpc) is 2.71. The van der Waals surface area contributed by atoms with Crippen molar-refractivity contribution in [1.82, 2.24) is 0 Å². The van der Waals surface area contributed by atoms with E-state index in [2.05, 4.69) is 15.9 Å². The van der Waals surface area contributed by atoms with E-state index < -0.39 is 0 Å². The second kappa shape index (κ2) is 6.54. The molecule has 0 spiro atoms. The first-order valence-electron chi connectivity index (χ1n) is 7.06. The zero-order chi connectivity index (χ0) is 13.9. The quantitative estimate of drug-likeness (QED) is 0.734. The molecular formula is C15H18BrClO3. The number of fused-ring (bicyclic) bond motifs is 1. The van der Waals surface area contributed by atoms with Gasteiger partial charge in [0.1, 0.15) is 0 Å². The van der Waals surface area contributed by atoms with Crippen LogP contribution < -0.4 is 9.47 Å². The first kappa shape index (κ1) is 14.5. The van der Waals surface area contributed by atoms with Gasteiger partial charge in [0.25, 0.3) is 0 Å². The maximum atomic E-state index is 6.69. The maximum Gasteiger partial charge on any atom is 0.162 e. The van der Waals surface area contributed by atoms with Crippen LogP contribution in [-0.2, 0) is 4.74 Å². The first-order valence-corrected chi connectivity index (χ1v) is 8.29. The molecule has 2 heterocycles. The van der Waals surface area contributed by atoms with Gasteiger partial charge in [-0.25, -0.2) is 0 Å². The SMILES string of the molecule is ClC(c1cc2c(cc1Br)OCCCO2)C1CCOCC1. The molecule has 0 saturated carbocycles. The summed E-state index contributed by atoms with van der Waals surface area (Å²) >= 11 is 10.3. The topological polar surface area (TPSA) is 27.7 Å². The molecule has 2 aliphatic heterocycles. The number of hydrogen-bond donors (Lipinski definition) is 0. The normalized spacial score (nSPS) is 21.3. The number of alkyl halides is 1. The van der Waals surface area contributed by atoms with Crippen LogP contribution in [0.3, 0.4) is 0 Å². The lowest BCUT2D eigenvalue weighted by molar-refractivity contribution is 0.0650. The largest absolute Gasteiger partial charge is 0.490 e. The summed E-state index contributed by atoms with van der Waals surface area (Å²) in [4.78, 5) is 0. The van der Waals surface area contributed by atoms with E-state index in [1.165, 1.54) is 0 Å². The molecular weight excluding hydrogens is 344 g/mol. The van der Waals surface area contributed by atoms with E-state index in [1.807, 2.05) is 12.1 Å². The lowest BCUT2D eigenvalue weighted by atomic mass is 9.91. The zero-order valence-electron chi connectivity index (χ0n) is 11.2. The highest BCUT2D eigenvalue weighted by molar-refractivity contribution is 9.10. The van der Waals surface area contributed by atoms with E-state index in [0.717, 1.165) is 54.0 Å². The van der Waals surface area contributed by atoms with Gasteiger partial charge in [-0.05, 0) is 36.5 Å². The molecule has 0 aromatic heterocycles. The minimum atomic E-state index is -0.0228. The van der Waals surface area contributed by atoms with E-state index in [-0.39, 0.29) is 5.38 Å².